The lowest BCUT2D eigenvalue weighted by atomic mass is 9.70. The third-order valence-electron chi connectivity index (χ3n) is 3.51. The van der Waals surface area contributed by atoms with Crippen molar-refractivity contribution in [1.82, 2.24) is 4.98 Å². The molecule has 90 valence electrons. The van der Waals surface area contributed by atoms with E-state index in [1.165, 1.54) is 12.1 Å². The lowest BCUT2D eigenvalue weighted by Gasteiger charge is -2.40. The molecule has 1 aromatic heterocycles. The molecule has 2 atom stereocenters. The van der Waals surface area contributed by atoms with E-state index in [2.05, 4.69) is 31.1 Å². The van der Waals surface area contributed by atoms with Crippen LogP contribution in [-0.2, 0) is 6.42 Å². The highest BCUT2D eigenvalue weighted by Gasteiger charge is 2.34. The monoisotopic (exact) mass is 238 g/mol. The first kappa shape index (κ1) is 12.1. The number of nitrogens with two attached hydrogens (primary N) is 1. The lowest BCUT2D eigenvalue weighted by molar-refractivity contribution is 0.181. The van der Waals surface area contributed by atoms with Crippen LogP contribution in [-0.4, -0.2) is 10.5 Å². The summed E-state index contributed by atoms with van der Waals surface area (Å²) in [7, 11) is 0. The van der Waals surface area contributed by atoms with E-state index in [0.717, 1.165) is 36.1 Å². The zero-order valence-corrected chi connectivity index (χ0v) is 11.3. The second-order valence-electron chi connectivity index (χ2n) is 5.75. The standard InChI is InChI=1S/C13H22N2S/c1-9-4-10(2)6-13(14,5-9)7-12-8-16-11(3)15-12/h8-10H,4-7,14H2,1-3H3. The number of hydrogen-bond acceptors (Lipinski definition) is 3. The van der Waals surface area contributed by atoms with E-state index in [9.17, 15) is 0 Å². The molecule has 0 radical (unpaired) electrons. The molecule has 2 nitrogen and oxygen atoms in total. The summed E-state index contributed by atoms with van der Waals surface area (Å²) in [5.74, 6) is 1.52. The summed E-state index contributed by atoms with van der Waals surface area (Å²) in [5, 5.41) is 3.31. The van der Waals surface area contributed by atoms with Gasteiger partial charge in [0.25, 0.3) is 0 Å². The molecule has 2 unspecified atom stereocenters. The molecule has 1 aromatic rings. The Labute approximate surface area is 102 Å². The molecule has 2 N–H and O–H groups in total. The van der Waals surface area contributed by atoms with E-state index < -0.39 is 0 Å². The Morgan fingerprint density at radius 1 is 1.44 bits per heavy atom. The summed E-state index contributed by atoms with van der Waals surface area (Å²) in [5.41, 5.74) is 7.72. The highest BCUT2D eigenvalue weighted by molar-refractivity contribution is 7.09. The fourth-order valence-corrected chi connectivity index (χ4v) is 3.93. The van der Waals surface area contributed by atoms with Crippen LogP contribution in [0.5, 0.6) is 0 Å². The molecular weight excluding hydrogens is 216 g/mol. The second-order valence-corrected chi connectivity index (χ2v) is 6.81. The summed E-state index contributed by atoms with van der Waals surface area (Å²) in [4.78, 5) is 4.54. The van der Waals surface area contributed by atoms with Crippen LogP contribution < -0.4 is 5.73 Å². The molecule has 0 amide bonds. The largest absolute Gasteiger partial charge is 0.325 e. The van der Waals surface area contributed by atoms with Crippen molar-refractivity contribution in [3.8, 4) is 0 Å². The second kappa shape index (κ2) is 4.46. The third kappa shape index (κ3) is 2.83. The Morgan fingerprint density at radius 2 is 2.06 bits per heavy atom. The zero-order chi connectivity index (χ0) is 11.8. The predicted octanol–water partition coefficient (Wildman–Crippen LogP) is 3.15. The maximum absolute atomic E-state index is 6.55. The van der Waals surface area contributed by atoms with Gasteiger partial charge in [-0.3, -0.25) is 0 Å². The topological polar surface area (TPSA) is 38.9 Å². The summed E-state index contributed by atoms with van der Waals surface area (Å²) in [6.07, 6.45) is 4.57. The minimum Gasteiger partial charge on any atom is -0.325 e. The van der Waals surface area contributed by atoms with Crippen molar-refractivity contribution >= 4 is 11.3 Å². The molecule has 0 aliphatic heterocycles. The van der Waals surface area contributed by atoms with Gasteiger partial charge in [0.1, 0.15) is 0 Å². The van der Waals surface area contributed by atoms with Crippen molar-refractivity contribution in [2.75, 3.05) is 0 Å². The van der Waals surface area contributed by atoms with Crippen molar-refractivity contribution in [2.24, 2.45) is 17.6 Å². The van der Waals surface area contributed by atoms with E-state index >= 15 is 0 Å². The van der Waals surface area contributed by atoms with Crippen LogP contribution in [0, 0.1) is 18.8 Å². The zero-order valence-electron chi connectivity index (χ0n) is 10.5. The maximum atomic E-state index is 6.55. The van der Waals surface area contributed by atoms with Gasteiger partial charge in [-0.2, -0.15) is 0 Å². The summed E-state index contributed by atoms with van der Waals surface area (Å²) < 4.78 is 0. The van der Waals surface area contributed by atoms with Crippen molar-refractivity contribution in [3.05, 3.63) is 16.1 Å². The Bertz CT molecular complexity index is 349. The van der Waals surface area contributed by atoms with Crippen molar-refractivity contribution in [2.45, 2.75) is 52.0 Å². The van der Waals surface area contributed by atoms with Gasteiger partial charge in [0.05, 0.1) is 10.7 Å². The first-order valence-electron chi connectivity index (χ1n) is 6.17. The van der Waals surface area contributed by atoms with Gasteiger partial charge in [0, 0.05) is 17.3 Å². The van der Waals surface area contributed by atoms with E-state index in [-0.39, 0.29) is 5.54 Å². The minimum absolute atomic E-state index is 0.0163. The number of hydrogen-bond donors (Lipinski definition) is 1. The van der Waals surface area contributed by atoms with Gasteiger partial charge < -0.3 is 5.73 Å². The van der Waals surface area contributed by atoms with Crippen molar-refractivity contribution < 1.29 is 0 Å². The van der Waals surface area contributed by atoms with Gasteiger partial charge in [0.15, 0.2) is 0 Å². The van der Waals surface area contributed by atoms with E-state index in [1.807, 2.05) is 0 Å². The molecule has 1 aliphatic rings. The number of rotatable bonds is 2. The molecule has 1 saturated carbocycles. The number of thiazole rings is 1. The van der Waals surface area contributed by atoms with Crippen LogP contribution in [0.15, 0.2) is 5.38 Å². The van der Waals surface area contributed by atoms with E-state index in [4.69, 9.17) is 5.73 Å². The Kier molecular flexibility index (Phi) is 3.36. The average molecular weight is 238 g/mol. The fraction of sp³-hybridized carbons (Fsp3) is 0.769. The molecule has 0 spiro atoms. The molecule has 1 heterocycles. The summed E-state index contributed by atoms with van der Waals surface area (Å²) in [6, 6.07) is 0. The van der Waals surface area contributed by atoms with Crippen LogP contribution in [0.25, 0.3) is 0 Å². The average Bonchev–Trinajstić information content (AvgIpc) is 2.47. The smallest absolute Gasteiger partial charge is 0.0897 e. The van der Waals surface area contributed by atoms with Gasteiger partial charge in [-0.1, -0.05) is 13.8 Å². The van der Waals surface area contributed by atoms with Gasteiger partial charge >= 0.3 is 0 Å². The molecule has 1 fully saturated rings. The van der Waals surface area contributed by atoms with Crippen LogP contribution in [0.4, 0.5) is 0 Å². The lowest BCUT2D eigenvalue weighted by Crippen LogP contribution is -2.48. The fourth-order valence-electron chi connectivity index (χ4n) is 3.32. The van der Waals surface area contributed by atoms with Crippen LogP contribution in [0.1, 0.15) is 43.8 Å². The summed E-state index contributed by atoms with van der Waals surface area (Å²) >= 11 is 1.73. The SMILES string of the molecule is Cc1nc(CC2(N)CC(C)CC(C)C2)cs1. The first-order valence-corrected chi connectivity index (χ1v) is 7.05. The highest BCUT2D eigenvalue weighted by Crippen LogP contribution is 2.36. The Hall–Kier alpha value is -0.410. The van der Waals surface area contributed by atoms with Gasteiger partial charge in [-0.05, 0) is 38.0 Å². The van der Waals surface area contributed by atoms with E-state index in [0.29, 0.717) is 0 Å². The highest BCUT2D eigenvalue weighted by atomic mass is 32.1. The quantitative estimate of drug-likeness (QED) is 0.859. The molecule has 1 aliphatic carbocycles. The predicted molar refractivity (Wildman–Crippen MR) is 69.7 cm³/mol. The van der Waals surface area contributed by atoms with Crippen molar-refractivity contribution in [3.63, 3.8) is 0 Å². The normalized spacial score (nSPS) is 35.2. The van der Waals surface area contributed by atoms with Crippen molar-refractivity contribution in [1.29, 1.82) is 0 Å². The number of aromatic nitrogens is 1. The van der Waals surface area contributed by atoms with Gasteiger partial charge in [-0.15, -0.1) is 11.3 Å². The molecule has 2 rings (SSSR count). The molecule has 0 saturated heterocycles. The molecule has 16 heavy (non-hydrogen) atoms. The number of aryl methyl sites for hydroxylation is 1. The minimum atomic E-state index is -0.0163. The molecule has 0 aromatic carbocycles. The molecule has 0 bridgehead atoms. The van der Waals surface area contributed by atoms with E-state index in [1.54, 1.807) is 11.3 Å². The van der Waals surface area contributed by atoms with Gasteiger partial charge in [-0.25, -0.2) is 4.98 Å². The van der Waals surface area contributed by atoms with Crippen LogP contribution >= 0.6 is 11.3 Å². The summed E-state index contributed by atoms with van der Waals surface area (Å²) in [6.45, 7) is 6.70. The van der Waals surface area contributed by atoms with Crippen LogP contribution in [0.2, 0.25) is 0 Å². The Balaban J connectivity index is 2.07. The maximum Gasteiger partial charge on any atom is 0.0897 e. The van der Waals surface area contributed by atoms with Gasteiger partial charge in [0.2, 0.25) is 0 Å². The molecule has 3 heteroatoms. The van der Waals surface area contributed by atoms with Crippen LogP contribution in [0.3, 0.4) is 0 Å². The Morgan fingerprint density at radius 3 is 2.56 bits per heavy atom. The third-order valence-corrected chi connectivity index (χ3v) is 4.34. The number of nitrogens with zero attached hydrogens (tertiary/aromatic N) is 1. The molecular formula is C13H22N2S. The first-order chi connectivity index (χ1) is 7.47.